The third-order valence-electron chi connectivity index (χ3n) is 6.94. The average molecular weight is 525 g/mol. The van der Waals surface area contributed by atoms with E-state index in [9.17, 15) is 4.79 Å². The number of nitrogens with zero attached hydrogens (tertiary/aromatic N) is 4. The average Bonchev–Trinajstić information content (AvgIpc) is 3.57. The number of rotatable bonds is 9. The number of ether oxygens (including phenoxy) is 2. The number of nitrogens with one attached hydrogen (secondary N) is 1. The number of likely N-dealkylation sites (tertiary alicyclic amines) is 1. The Kier molecular flexibility index (Phi) is 7.53. The molecule has 2 aromatic heterocycles. The van der Waals surface area contributed by atoms with Crippen molar-refractivity contribution in [1.29, 1.82) is 0 Å². The Bertz CT molecular complexity index is 1250. The number of carbonyl (C=O) groups is 1. The quantitative estimate of drug-likeness (QED) is 0.431. The monoisotopic (exact) mass is 524 g/mol. The van der Waals surface area contributed by atoms with Gasteiger partial charge in [-0.2, -0.15) is 5.10 Å². The van der Waals surface area contributed by atoms with Gasteiger partial charge in [-0.15, -0.1) is 0 Å². The summed E-state index contributed by atoms with van der Waals surface area (Å²) in [4.78, 5) is 18.2. The van der Waals surface area contributed by atoms with E-state index in [-0.39, 0.29) is 24.2 Å². The topological polar surface area (TPSA) is 108 Å². The van der Waals surface area contributed by atoms with Crippen LogP contribution in [0.5, 0.6) is 11.5 Å². The van der Waals surface area contributed by atoms with Gasteiger partial charge < -0.3 is 20.5 Å². The highest BCUT2D eigenvalue weighted by molar-refractivity contribution is 6.31. The summed E-state index contributed by atoms with van der Waals surface area (Å²) in [5.74, 6) is 1.58. The van der Waals surface area contributed by atoms with Gasteiger partial charge in [0, 0.05) is 43.7 Å². The van der Waals surface area contributed by atoms with Gasteiger partial charge in [-0.3, -0.25) is 14.4 Å². The summed E-state index contributed by atoms with van der Waals surface area (Å²) in [5.41, 5.74) is 8.80. The van der Waals surface area contributed by atoms with Gasteiger partial charge in [0.25, 0.3) is 0 Å². The minimum absolute atomic E-state index is 0.0456. The number of hydrogen-bond donors (Lipinski definition) is 2. The number of hydrogen-bond acceptors (Lipinski definition) is 7. The molecule has 10 heteroatoms. The van der Waals surface area contributed by atoms with E-state index < -0.39 is 0 Å². The van der Waals surface area contributed by atoms with Gasteiger partial charge in [0.2, 0.25) is 5.91 Å². The first kappa shape index (κ1) is 25.4. The minimum atomic E-state index is -0.385. The number of benzene rings is 1. The van der Waals surface area contributed by atoms with Gasteiger partial charge in [-0.1, -0.05) is 17.7 Å². The van der Waals surface area contributed by atoms with Gasteiger partial charge in [-0.05, 0) is 50.8 Å². The molecule has 1 aliphatic carbocycles. The fourth-order valence-electron chi connectivity index (χ4n) is 4.65. The van der Waals surface area contributed by atoms with E-state index in [4.69, 9.17) is 26.8 Å². The molecule has 2 fully saturated rings. The fraction of sp³-hybridized carbons (Fsp3) is 0.444. The second-order valence-electron chi connectivity index (χ2n) is 9.73. The van der Waals surface area contributed by atoms with Gasteiger partial charge in [-0.25, -0.2) is 4.98 Å². The highest BCUT2D eigenvalue weighted by Gasteiger charge is 2.27. The predicted octanol–water partition coefficient (Wildman–Crippen LogP) is 4.24. The van der Waals surface area contributed by atoms with Crippen molar-refractivity contribution in [2.75, 3.05) is 32.4 Å². The first-order chi connectivity index (χ1) is 17.9. The van der Waals surface area contributed by atoms with Gasteiger partial charge in [0.05, 0.1) is 35.5 Å². The number of amides is 1. The molecule has 5 rings (SSSR count). The maximum absolute atomic E-state index is 11.7. The minimum Gasteiger partial charge on any atom is -0.490 e. The molecule has 3 heterocycles. The number of carbonyl (C=O) groups excluding carboxylic acids is 1. The van der Waals surface area contributed by atoms with Crippen molar-refractivity contribution in [3.8, 4) is 22.6 Å². The molecule has 1 atom stereocenters. The largest absolute Gasteiger partial charge is 0.490 e. The molecule has 0 spiro atoms. The van der Waals surface area contributed by atoms with E-state index >= 15 is 0 Å². The van der Waals surface area contributed by atoms with Gasteiger partial charge >= 0.3 is 0 Å². The van der Waals surface area contributed by atoms with E-state index in [2.05, 4.69) is 20.3 Å². The van der Waals surface area contributed by atoms with E-state index in [1.54, 1.807) is 13.2 Å². The number of aromatic nitrogens is 3. The predicted molar refractivity (Wildman–Crippen MR) is 143 cm³/mol. The molecular formula is C27H33ClN6O3. The fourth-order valence-corrected chi connectivity index (χ4v) is 4.97. The van der Waals surface area contributed by atoms with E-state index in [1.807, 2.05) is 48.3 Å². The first-order valence-corrected chi connectivity index (χ1v) is 13.1. The molecule has 1 saturated heterocycles. The van der Waals surface area contributed by atoms with Crippen LogP contribution >= 0.6 is 11.6 Å². The Morgan fingerprint density at radius 1 is 1.19 bits per heavy atom. The highest BCUT2D eigenvalue weighted by Crippen LogP contribution is 2.39. The van der Waals surface area contributed by atoms with Crippen molar-refractivity contribution in [3.05, 3.63) is 53.4 Å². The van der Waals surface area contributed by atoms with Crippen LogP contribution in [0.15, 0.2) is 42.9 Å². The summed E-state index contributed by atoms with van der Waals surface area (Å²) in [7, 11) is 1.67. The summed E-state index contributed by atoms with van der Waals surface area (Å²) < 4.78 is 14.4. The second kappa shape index (κ2) is 11.0. The molecule has 37 heavy (non-hydrogen) atoms. The third kappa shape index (κ3) is 5.99. The van der Waals surface area contributed by atoms with Crippen LogP contribution in [-0.2, 0) is 4.79 Å². The molecule has 1 amide bonds. The Labute approximate surface area is 221 Å². The number of nitrogens with two attached hydrogens (primary N) is 1. The zero-order chi connectivity index (χ0) is 25.9. The number of halogens is 1. The zero-order valence-corrected chi connectivity index (χ0v) is 21.9. The number of nitrogen functional groups attached to an aromatic ring is 1. The molecule has 1 saturated carbocycles. The van der Waals surface area contributed by atoms with Crippen LogP contribution in [0.2, 0.25) is 5.02 Å². The lowest BCUT2D eigenvalue weighted by atomic mass is 10.1. The van der Waals surface area contributed by atoms with Crippen LogP contribution in [0.25, 0.3) is 11.1 Å². The molecule has 1 aromatic carbocycles. The van der Waals surface area contributed by atoms with Crippen molar-refractivity contribution in [2.45, 2.75) is 50.9 Å². The van der Waals surface area contributed by atoms with Crippen LogP contribution in [0.4, 0.5) is 5.82 Å². The molecule has 3 aromatic rings. The van der Waals surface area contributed by atoms with E-state index in [0.717, 1.165) is 61.2 Å². The Morgan fingerprint density at radius 3 is 2.70 bits per heavy atom. The lowest BCUT2D eigenvalue weighted by Gasteiger charge is -2.31. The van der Waals surface area contributed by atoms with E-state index in [1.165, 1.54) is 0 Å². The number of likely N-dealkylation sites (N-methyl/N-ethyl adjacent to an activating group) is 1. The Balaban J connectivity index is 1.28. The normalized spacial score (nSPS) is 17.4. The van der Waals surface area contributed by atoms with Crippen molar-refractivity contribution >= 4 is 23.3 Å². The molecule has 9 nitrogen and oxygen atoms in total. The lowest BCUT2D eigenvalue weighted by Crippen LogP contribution is -2.41. The highest BCUT2D eigenvalue weighted by atomic mass is 35.5. The number of piperidine rings is 1. The SMILES string of the molecule is CNC(=O)CN1CCC(n2cc(-c3cnc(N)c(OC(C)c4c(Cl)cccc4OC4CC4)c3)cn2)CC1. The van der Waals surface area contributed by atoms with Crippen LogP contribution in [-0.4, -0.2) is 58.4 Å². The molecule has 3 N–H and O–H groups in total. The molecule has 196 valence electrons. The van der Waals surface area contributed by atoms with Crippen molar-refractivity contribution in [3.63, 3.8) is 0 Å². The maximum Gasteiger partial charge on any atom is 0.233 e. The molecule has 0 radical (unpaired) electrons. The standard InChI is InChI=1S/C27H33ClN6O3/c1-17(26-22(28)4-3-5-23(26)37-21-6-7-21)36-24-12-18(13-31-27(24)29)19-14-32-34(15-19)20-8-10-33(11-9-20)16-25(35)30-2/h3-5,12-15,17,20-21H,6-11,16H2,1-2H3,(H2,29,31)(H,30,35). The summed E-state index contributed by atoms with van der Waals surface area (Å²) in [6, 6.07) is 7.83. The molecule has 1 aliphatic heterocycles. The Hall–Kier alpha value is -3.30. The molecular weight excluding hydrogens is 492 g/mol. The molecule has 2 aliphatic rings. The van der Waals surface area contributed by atoms with Gasteiger partial charge in [0.15, 0.2) is 11.6 Å². The van der Waals surface area contributed by atoms with Crippen molar-refractivity contribution in [2.24, 2.45) is 0 Å². The maximum atomic E-state index is 11.7. The first-order valence-electron chi connectivity index (χ1n) is 12.8. The smallest absolute Gasteiger partial charge is 0.233 e. The molecule has 0 bridgehead atoms. The van der Waals surface area contributed by atoms with Crippen LogP contribution in [0.3, 0.4) is 0 Å². The summed E-state index contributed by atoms with van der Waals surface area (Å²) in [6.07, 6.45) is 9.47. The van der Waals surface area contributed by atoms with Crippen molar-refractivity contribution < 1.29 is 14.3 Å². The van der Waals surface area contributed by atoms with Crippen LogP contribution < -0.4 is 20.5 Å². The summed E-state index contributed by atoms with van der Waals surface area (Å²) in [6.45, 7) is 4.10. The summed E-state index contributed by atoms with van der Waals surface area (Å²) >= 11 is 6.54. The van der Waals surface area contributed by atoms with Crippen LogP contribution in [0.1, 0.15) is 50.3 Å². The lowest BCUT2D eigenvalue weighted by molar-refractivity contribution is -0.122. The number of pyridine rings is 1. The third-order valence-corrected chi connectivity index (χ3v) is 7.26. The Morgan fingerprint density at radius 2 is 1.97 bits per heavy atom. The zero-order valence-electron chi connectivity index (χ0n) is 21.2. The van der Waals surface area contributed by atoms with Crippen molar-refractivity contribution in [1.82, 2.24) is 25.0 Å². The van der Waals surface area contributed by atoms with E-state index in [0.29, 0.717) is 23.1 Å². The molecule has 1 unspecified atom stereocenters. The second-order valence-corrected chi connectivity index (χ2v) is 10.1. The number of anilines is 1. The van der Waals surface area contributed by atoms with Gasteiger partial charge in [0.1, 0.15) is 11.9 Å². The van der Waals surface area contributed by atoms with Crippen LogP contribution in [0, 0.1) is 0 Å². The summed E-state index contributed by atoms with van der Waals surface area (Å²) in [5, 5.41) is 7.90.